The highest BCUT2D eigenvalue weighted by Gasteiger charge is 2.06. The molecule has 0 fully saturated rings. The summed E-state index contributed by atoms with van der Waals surface area (Å²) in [6.45, 7) is 6.85. The van der Waals surface area contributed by atoms with E-state index in [-0.39, 0.29) is 0 Å². The van der Waals surface area contributed by atoms with Crippen LogP contribution in [0.5, 0.6) is 0 Å². The molecule has 0 saturated carbocycles. The van der Waals surface area contributed by atoms with Crippen LogP contribution in [0.4, 0.5) is 0 Å². The number of hydrogen-bond donors (Lipinski definition) is 0. The van der Waals surface area contributed by atoms with Gasteiger partial charge in [0.15, 0.2) is 0 Å². The van der Waals surface area contributed by atoms with E-state index < -0.39 is 0 Å². The summed E-state index contributed by atoms with van der Waals surface area (Å²) in [7, 11) is 0. The molecule has 0 aliphatic heterocycles. The van der Waals surface area contributed by atoms with Gasteiger partial charge in [-0.05, 0) is 25.2 Å². The van der Waals surface area contributed by atoms with Crippen LogP contribution >= 0.6 is 0 Å². The fraction of sp³-hybridized carbons (Fsp3) is 0.917. The lowest BCUT2D eigenvalue weighted by molar-refractivity contribution is 0.583. The first-order valence-electron chi connectivity index (χ1n) is 5.68. The Morgan fingerprint density at radius 1 is 0.667 bits per heavy atom. The Hall–Kier alpha value is 0. The molecule has 73 valence electrons. The highest BCUT2D eigenvalue weighted by molar-refractivity contribution is 4.88. The van der Waals surface area contributed by atoms with Crippen LogP contribution in [0.25, 0.3) is 0 Å². The highest BCUT2D eigenvalue weighted by Crippen LogP contribution is 2.22. The molecule has 0 aromatic carbocycles. The van der Waals surface area contributed by atoms with Gasteiger partial charge in [0.2, 0.25) is 0 Å². The molecule has 0 spiro atoms. The highest BCUT2D eigenvalue weighted by atomic mass is 14.1. The molecule has 0 heterocycles. The van der Waals surface area contributed by atoms with Gasteiger partial charge < -0.3 is 0 Å². The largest absolute Gasteiger partial charge is 0.0654 e. The van der Waals surface area contributed by atoms with Crippen molar-refractivity contribution in [2.75, 3.05) is 0 Å². The lowest BCUT2D eigenvalue weighted by atomic mass is 9.92. The minimum Gasteiger partial charge on any atom is -0.0654 e. The van der Waals surface area contributed by atoms with E-state index in [1.54, 1.807) is 0 Å². The van der Waals surface area contributed by atoms with E-state index in [1.165, 1.54) is 51.4 Å². The van der Waals surface area contributed by atoms with Crippen LogP contribution in [0.2, 0.25) is 0 Å². The summed E-state index contributed by atoms with van der Waals surface area (Å²) in [5.41, 5.74) is 0. The Kier molecular flexibility index (Phi) is 9.09. The van der Waals surface area contributed by atoms with Crippen molar-refractivity contribution in [3.8, 4) is 0 Å². The Morgan fingerprint density at radius 3 is 1.50 bits per heavy atom. The van der Waals surface area contributed by atoms with Crippen LogP contribution in [-0.4, -0.2) is 0 Å². The number of rotatable bonds is 8. The summed E-state index contributed by atoms with van der Waals surface area (Å²) in [4.78, 5) is 0. The van der Waals surface area contributed by atoms with Gasteiger partial charge in [0.05, 0.1) is 0 Å². The van der Waals surface area contributed by atoms with Gasteiger partial charge in [-0.2, -0.15) is 0 Å². The normalized spacial score (nSPS) is 11.0. The van der Waals surface area contributed by atoms with Crippen molar-refractivity contribution in [1.82, 2.24) is 0 Å². The molecule has 0 saturated heterocycles. The predicted octanol–water partition coefficient (Wildman–Crippen LogP) is 4.74. The zero-order valence-electron chi connectivity index (χ0n) is 9.16. The summed E-state index contributed by atoms with van der Waals surface area (Å²) in [5, 5.41) is 0. The molecular weight excluding hydrogens is 144 g/mol. The van der Waals surface area contributed by atoms with Gasteiger partial charge in [0.1, 0.15) is 0 Å². The van der Waals surface area contributed by atoms with Gasteiger partial charge in [-0.15, -0.1) is 0 Å². The van der Waals surface area contributed by atoms with Crippen LogP contribution in [-0.2, 0) is 0 Å². The van der Waals surface area contributed by atoms with E-state index in [0.717, 1.165) is 0 Å². The van der Waals surface area contributed by atoms with Gasteiger partial charge >= 0.3 is 0 Å². The van der Waals surface area contributed by atoms with E-state index >= 15 is 0 Å². The van der Waals surface area contributed by atoms with E-state index in [9.17, 15) is 0 Å². The molecule has 0 bridgehead atoms. The smallest absolute Gasteiger partial charge is 0.0241 e. The van der Waals surface area contributed by atoms with E-state index in [2.05, 4.69) is 20.8 Å². The predicted molar refractivity (Wildman–Crippen MR) is 57.2 cm³/mol. The van der Waals surface area contributed by atoms with Crippen molar-refractivity contribution in [2.24, 2.45) is 0 Å². The quantitative estimate of drug-likeness (QED) is 0.492. The molecule has 0 rings (SSSR count). The molecule has 0 heteroatoms. The number of unbranched alkanes of at least 4 members (excludes halogenated alkanes) is 2. The van der Waals surface area contributed by atoms with E-state index in [1.807, 2.05) is 5.92 Å². The molecule has 0 nitrogen and oxygen atoms in total. The van der Waals surface area contributed by atoms with Crippen molar-refractivity contribution in [2.45, 2.75) is 72.1 Å². The lowest BCUT2D eigenvalue weighted by Crippen LogP contribution is -1.97. The second kappa shape index (κ2) is 9.09. The SMILES string of the molecule is CCCC[C](CCC)CCCC. The fourth-order valence-electron chi connectivity index (χ4n) is 1.58. The zero-order valence-corrected chi connectivity index (χ0v) is 9.16. The fourth-order valence-corrected chi connectivity index (χ4v) is 1.58. The maximum absolute atomic E-state index is 2.29. The number of hydrogen-bond acceptors (Lipinski definition) is 0. The van der Waals surface area contributed by atoms with E-state index in [4.69, 9.17) is 0 Å². The summed E-state index contributed by atoms with van der Waals surface area (Å²) < 4.78 is 0. The molecule has 0 aliphatic carbocycles. The molecule has 12 heavy (non-hydrogen) atoms. The summed E-state index contributed by atoms with van der Waals surface area (Å²) in [6, 6.07) is 0. The summed E-state index contributed by atoms with van der Waals surface area (Å²) >= 11 is 0. The summed E-state index contributed by atoms with van der Waals surface area (Å²) in [5.74, 6) is 1.82. The first-order chi connectivity index (χ1) is 5.85. The Morgan fingerprint density at radius 2 is 1.17 bits per heavy atom. The molecule has 0 aromatic rings. The maximum atomic E-state index is 2.29. The minimum absolute atomic E-state index is 1.34. The molecule has 0 unspecified atom stereocenters. The molecule has 1 radical (unpaired) electrons. The van der Waals surface area contributed by atoms with Gasteiger partial charge in [-0.25, -0.2) is 0 Å². The van der Waals surface area contributed by atoms with Crippen molar-refractivity contribution in [3.63, 3.8) is 0 Å². The standard InChI is InChI=1S/C12H25/c1-4-7-10-12(9-6-3)11-8-5-2/h4-11H2,1-3H3. The van der Waals surface area contributed by atoms with Crippen molar-refractivity contribution in [3.05, 3.63) is 5.92 Å². The van der Waals surface area contributed by atoms with Gasteiger partial charge in [-0.3, -0.25) is 0 Å². The average molecular weight is 169 g/mol. The molecule has 0 atom stereocenters. The van der Waals surface area contributed by atoms with Gasteiger partial charge in [0.25, 0.3) is 0 Å². The third kappa shape index (κ3) is 6.69. The first-order valence-corrected chi connectivity index (χ1v) is 5.68. The van der Waals surface area contributed by atoms with Crippen LogP contribution in [0.15, 0.2) is 0 Å². The maximum Gasteiger partial charge on any atom is -0.0241 e. The Bertz CT molecular complexity index is 68.1. The first kappa shape index (κ1) is 12.0. The average Bonchev–Trinajstić information content (AvgIpc) is 2.10. The van der Waals surface area contributed by atoms with Crippen molar-refractivity contribution >= 4 is 0 Å². The molecule has 0 amide bonds. The van der Waals surface area contributed by atoms with Gasteiger partial charge in [-0.1, -0.05) is 52.9 Å². The van der Waals surface area contributed by atoms with Gasteiger partial charge in [0, 0.05) is 0 Å². The van der Waals surface area contributed by atoms with Crippen LogP contribution in [0.1, 0.15) is 72.1 Å². The van der Waals surface area contributed by atoms with Crippen LogP contribution < -0.4 is 0 Å². The Labute approximate surface area is 78.8 Å². The topological polar surface area (TPSA) is 0 Å². The minimum atomic E-state index is 1.34. The molecule has 0 N–H and O–H groups in total. The second-order valence-electron chi connectivity index (χ2n) is 3.71. The third-order valence-corrected chi connectivity index (χ3v) is 2.37. The monoisotopic (exact) mass is 169 g/mol. The van der Waals surface area contributed by atoms with E-state index in [0.29, 0.717) is 0 Å². The lowest BCUT2D eigenvalue weighted by Gasteiger charge is -2.13. The third-order valence-electron chi connectivity index (χ3n) is 2.37. The van der Waals surface area contributed by atoms with Crippen molar-refractivity contribution < 1.29 is 0 Å². The summed E-state index contributed by atoms with van der Waals surface area (Å²) in [6.07, 6.45) is 11.0. The van der Waals surface area contributed by atoms with Crippen molar-refractivity contribution in [1.29, 1.82) is 0 Å². The molecule has 0 aliphatic rings. The zero-order chi connectivity index (χ0) is 9.23. The Balaban J connectivity index is 3.40. The molecule has 0 aromatic heterocycles. The van der Waals surface area contributed by atoms with Crippen LogP contribution in [0.3, 0.4) is 0 Å². The van der Waals surface area contributed by atoms with Crippen LogP contribution in [0, 0.1) is 5.92 Å². The second-order valence-corrected chi connectivity index (χ2v) is 3.71. The molecular formula is C12H25.